The van der Waals surface area contributed by atoms with E-state index in [9.17, 15) is 9.59 Å². The lowest BCUT2D eigenvalue weighted by molar-refractivity contribution is -0.119. The van der Waals surface area contributed by atoms with Gasteiger partial charge in [-0.05, 0) is 65.4 Å². The quantitative estimate of drug-likeness (QED) is 0.597. The molecule has 2 aromatic heterocycles. The summed E-state index contributed by atoms with van der Waals surface area (Å²) in [7, 11) is 0. The highest BCUT2D eigenvalue weighted by Gasteiger charge is 2.19. The molecule has 27 heavy (non-hydrogen) atoms. The summed E-state index contributed by atoms with van der Waals surface area (Å²) in [5.41, 5.74) is 6.97. The van der Waals surface area contributed by atoms with Crippen LogP contribution in [0.3, 0.4) is 0 Å². The third kappa shape index (κ3) is 3.64. The summed E-state index contributed by atoms with van der Waals surface area (Å²) in [6, 6.07) is 5.32. The number of benzene rings is 1. The predicted molar refractivity (Wildman–Crippen MR) is 109 cm³/mol. The maximum atomic E-state index is 12.8. The van der Waals surface area contributed by atoms with E-state index in [1.807, 2.05) is 0 Å². The minimum atomic E-state index is -0.542. The summed E-state index contributed by atoms with van der Waals surface area (Å²) in [5, 5.41) is 0.751. The van der Waals surface area contributed by atoms with Crippen LogP contribution in [0.2, 0.25) is 0 Å². The molecule has 6 nitrogen and oxygen atoms in total. The van der Waals surface area contributed by atoms with Crippen molar-refractivity contribution in [3.8, 4) is 17.1 Å². The number of nitrogens with one attached hydrogen (secondary N) is 1. The van der Waals surface area contributed by atoms with E-state index in [-0.39, 0.29) is 12.2 Å². The lowest BCUT2D eigenvalue weighted by Gasteiger charge is -2.08. The number of primary amides is 1. The van der Waals surface area contributed by atoms with Crippen LogP contribution in [0.5, 0.6) is 5.75 Å². The van der Waals surface area contributed by atoms with Crippen molar-refractivity contribution in [2.45, 2.75) is 32.1 Å². The van der Waals surface area contributed by atoms with Crippen LogP contribution >= 0.6 is 27.3 Å². The first kappa shape index (κ1) is 18.2. The summed E-state index contributed by atoms with van der Waals surface area (Å²) in [6.45, 7) is -0.195. The molecule has 1 aliphatic carbocycles. The first-order chi connectivity index (χ1) is 13.0. The number of amides is 1. The normalized spacial score (nSPS) is 14.0. The first-order valence-corrected chi connectivity index (χ1v) is 10.4. The lowest BCUT2D eigenvalue weighted by Crippen LogP contribution is -2.20. The lowest BCUT2D eigenvalue weighted by atomic mass is 10.1. The molecule has 0 unspecified atom stereocenters. The molecule has 0 aliphatic heterocycles. The molecule has 1 aliphatic rings. The summed E-state index contributed by atoms with van der Waals surface area (Å²) in [4.78, 5) is 33.4. The molecular formula is C19H18BrN3O3S. The van der Waals surface area contributed by atoms with Crippen molar-refractivity contribution in [2.24, 2.45) is 5.73 Å². The van der Waals surface area contributed by atoms with Crippen LogP contribution in [0, 0.1) is 0 Å². The van der Waals surface area contributed by atoms with Gasteiger partial charge < -0.3 is 15.5 Å². The van der Waals surface area contributed by atoms with Crippen molar-refractivity contribution in [1.29, 1.82) is 0 Å². The van der Waals surface area contributed by atoms with Crippen molar-refractivity contribution in [3.63, 3.8) is 0 Å². The standard InChI is InChI=1S/C19H18BrN3O3S/c20-12-8-10(6-7-13(12)26-9-15(21)24)17-22-18(25)16-11-4-2-1-3-5-14(11)27-19(16)23-17/h6-8H,1-5,9H2,(H2,21,24)(H,22,23,25). The maximum absolute atomic E-state index is 12.8. The number of hydrogen-bond acceptors (Lipinski definition) is 5. The molecule has 0 saturated carbocycles. The molecule has 3 N–H and O–H groups in total. The number of hydrogen-bond donors (Lipinski definition) is 2. The maximum Gasteiger partial charge on any atom is 0.260 e. The third-order valence-electron chi connectivity index (χ3n) is 4.65. The molecule has 3 aromatic rings. The number of thiophene rings is 1. The molecule has 0 bridgehead atoms. The Balaban J connectivity index is 1.73. The van der Waals surface area contributed by atoms with E-state index < -0.39 is 5.91 Å². The second kappa shape index (κ2) is 7.44. The van der Waals surface area contributed by atoms with E-state index >= 15 is 0 Å². The van der Waals surface area contributed by atoms with Crippen molar-refractivity contribution >= 4 is 43.4 Å². The predicted octanol–water partition coefficient (Wildman–Crippen LogP) is 3.55. The summed E-state index contributed by atoms with van der Waals surface area (Å²) >= 11 is 5.06. The SMILES string of the molecule is NC(=O)COc1ccc(-c2nc3sc4c(c3c(=O)[nH]2)CCCCC4)cc1Br. The minimum absolute atomic E-state index is 0.0837. The molecule has 0 saturated heterocycles. The number of halogens is 1. The second-order valence-corrected chi connectivity index (χ2v) is 8.50. The highest BCUT2D eigenvalue weighted by molar-refractivity contribution is 9.10. The van der Waals surface area contributed by atoms with Gasteiger partial charge in [0.25, 0.3) is 11.5 Å². The second-order valence-electron chi connectivity index (χ2n) is 6.56. The van der Waals surface area contributed by atoms with Gasteiger partial charge in [0.15, 0.2) is 6.61 Å². The van der Waals surface area contributed by atoms with Crippen LogP contribution in [-0.2, 0) is 17.6 Å². The Labute approximate surface area is 167 Å². The molecule has 140 valence electrons. The van der Waals surface area contributed by atoms with Crippen molar-refractivity contribution < 1.29 is 9.53 Å². The van der Waals surface area contributed by atoms with E-state index in [4.69, 9.17) is 15.5 Å². The van der Waals surface area contributed by atoms with Gasteiger partial charge in [-0.2, -0.15) is 0 Å². The van der Waals surface area contributed by atoms with Gasteiger partial charge >= 0.3 is 0 Å². The molecule has 0 atom stereocenters. The third-order valence-corrected chi connectivity index (χ3v) is 6.46. The van der Waals surface area contributed by atoms with Crippen LogP contribution < -0.4 is 16.0 Å². The molecule has 2 heterocycles. The van der Waals surface area contributed by atoms with Gasteiger partial charge in [0.1, 0.15) is 16.4 Å². The molecular weight excluding hydrogens is 430 g/mol. The first-order valence-electron chi connectivity index (χ1n) is 8.78. The smallest absolute Gasteiger partial charge is 0.260 e. The highest BCUT2D eigenvalue weighted by Crippen LogP contribution is 2.34. The zero-order chi connectivity index (χ0) is 19.0. The zero-order valence-corrected chi connectivity index (χ0v) is 16.9. The Morgan fingerprint density at radius 3 is 2.89 bits per heavy atom. The number of ether oxygens (including phenoxy) is 1. The summed E-state index contributed by atoms with van der Waals surface area (Å²) in [6.07, 6.45) is 5.49. The fourth-order valence-corrected chi connectivity index (χ4v) is 5.15. The van der Waals surface area contributed by atoms with Crippen LogP contribution in [0.15, 0.2) is 27.5 Å². The van der Waals surface area contributed by atoms with Gasteiger partial charge in [0.05, 0.1) is 9.86 Å². The number of nitrogens with zero attached hydrogens (tertiary/aromatic N) is 1. The monoisotopic (exact) mass is 447 g/mol. The van der Waals surface area contributed by atoms with Crippen molar-refractivity contribution in [3.05, 3.63) is 43.5 Å². The Hall–Kier alpha value is -2.19. The summed E-state index contributed by atoms with van der Waals surface area (Å²) in [5.74, 6) is 0.481. The average Bonchev–Trinajstić information content (AvgIpc) is 2.82. The Morgan fingerprint density at radius 1 is 1.30 bits per heavy atom. The number of carbonyl (C=O) groups is 1. The topological polar surface area (TPSA) is 98.1 Å². The molecule has 1 amide bonds. The fourth-order valence-electron chi connectivity index (χ4n) is 3.39. The van der Waals surface area contributed by atoms with E-state index in [0.717, 1.165) is 35.0 Å². The van der Waals surface area contributed by atoms with Gasteiger partial charge in [-0.1, -0.05) is 6.42 Å². The van der Waals surface area contributed by atoms with E-state index in [1.165, 1.54) is 23.3 Å². The van der Waals surface area contributed by atoms with E-state index in [2.05, 4.69) is 20.9 Å². The van der Waals surface area contributed by atoms with Gasteiger partial charge in [0.2, 0.25) is 0 Å². The number of aromatic amines is 1. The zero-order valence-electron chi connectivity index (χ0n) is 14.5. The fraction of sp³-hybridized carbons (Fsp3) is 0.316. The number of H-pyrrole nitrogens is 1. The van der Waals surface area contributed by atoms with Gasteiger partial charge in [-0.25, -0.2) is 4.98 Å². The minimum Gasteiger partial charge on any atom is -0.483 e. The number of fused-ring (bicyclic) bond motifs is 3. The van der Waals surface area contributed by atoms with Crippen LogP contribution in [-0.4, -0.2) is 22.5 Å². The van der Waals surface area contributed by atoms with Gasteiger partial charge in [-0.3, -0.25) is 9.59 Å². The Bertz CT molecular complexity index is 1090. The van der Waals surface area contributed by atoms with Crippen molar-refractivity contribution in [2.75, 3.05) is 6.61 Å². The van der Waals surface area contributed by atoms with E-state index in [1.54, 1.807) is 29.5 Å². The van der Waals surface area contributed by atoms with Crippen molar-refractivity contribution in [1.82, 2.24) is 9.97 Å². The molecule has 4 rings (SSSR count). The number of aryl methyl sites for hydroxylation is 2. The molecule has 8 heteroatoms. The van der Waals surface area contributed by atoms with Crippen LogP contribution in [0.4, 0.5) is 0 Å². The summed E-state index contributed by atoms with van der Waals surface area (Å²) < 4.78 is 6.00. The Kier molecular flexibility index (Phi) is 5.01. The van der Waals surface area contributed by atoms with Gasteiger partial charge in [-0.15, -0.1) is 11.3 Å². The largest absolute Gasteiger partial charge is 0.483 e. The Morgan fingerprint density at radius 2 is 2.11 bits per heavy atom. The number of rotatable bonds is 4. The molecule has 0 fully saturated rings. The molecule has 0 spiro atoms. The molecule has 0 radical (unpaired) electrons. The average molecular weight is 448 g/mol. The van der Waals surface area contributed by atoms with Crippen LogP contribution in [0.25, 0.3) is 21.6 Å². The van der Waals surface area contributed by atoms with E-state index in [0.29, 0.717) is 16.0 Å². The van der Waals surface area contributed by atoms with Gasteiger partial charge in [0, 0.05) is 10.4 Å². The number of aromatic nitrogens is 2. The van der Waals surface area contributed by atoms with Crippen LogP contribution in [0.1, 0.15) is 29.7 Å². The highest BCUT2D eigenvalue weighted by atomic mass is 79.9. The molecule has 1 aromatic carbocycles. The number of nitrogens with two attached hydrogens (primary N) is 1. The number of carbonyl (C=O) groups excluding carboxylic acids is 1.